The molecule has 36 heavy (non-hydrogen) atoms. The van der Waals surface area contributed by atoms with E-state index in [1.165, 1.54) is 0 Å². The summed E-state index contributed by atoms with van der Waals surface area (Å²) >= 11 is 0. The number of nitrogens with zero attached hydrogens (tertiary/aromatic N) is 1. The number of carbonyl (C=O) groups excluding carboxylic acids is 4. The molecule has 0 atom stereocenters. The fourth-order valence-electron chi connectivity index (χ4n) is 4.97. The Labute approximate surface area is 211 Å². The first-order valence-electron chi connectivity index (χ1n) is 12.2. The van der Waals surface area contributed by atoms with E-state index in [2.05, 4.69) is 42.0 Å². The van der Waals surface area contributed by atoms with Crippen LogP contribution in [0.3, 0.4) is 0 Å². The molecule has 9 nitrogen and oxygen atoms in total. The maximum Gasteiger partial charge on any atom is 0.325 e. The topological polar surface area (TPSA) is 120 Å². The number of anilines is 3. The van der Waals surface area contributed by atoms with Gasteiger partial charge in [-0.1, -0.05) is 45.0 Å². The zero-order valence-electron chi connectivity index (χ0n) is 20.9. The lowest BCUT2D eigenvalue weighted by Gasteiger charge is -2.40. The molecule has 1 heterocycles. The first-order valence-corrected chi connectivity index (χ1v) is 12.2. The molecule has 0 aromatic heterocycles. The standard InChI is InChI=1S/C27H33N5O4/c1-26(2,3)18-12-14-27(15-13-18)23(34)32(25(36)31-27)17-22(33)28-20-10-7-11-21(16-20)30-24(35)29-19-8-5-4-6-9-19/h4-11,16,18H,12-15,17H2,1-3H3,(H,28,33)(H,31,36)(H2,29,30,35). The summed E-state index contributed by atoms with van der Waals surface area (Å²) in [6, 6.07) is 14.7. The third-order valence-electron chi connectivity index (χ3n) is 7.05. The van der Waals surface area contributed by atoms with Crippen LogP contribution < -0.4 is 21.3 Å². The minimum absolute atomic E-state index is 0.151. The van der Waals surface area contributed by atoms with E-state index >= 15 is 0 Å². The molecule has 2 fully saturated rings. The smallest absolute Gasteiger partial charge is 0.324 e. The van der Waals surface area contributed by atoms with Gasteiger partial charge in [0.15, 0.2) is 0 Å². The molecule has 6 amide bonds. The monoisotopic (exact) mass is 491 g/mol. The number of para-hydroxylation sites is 1. The van der Waals surface area contributed by atoms with Gasteiger partial charge in [0.2, 0.25) is 5.91 Å². The second-order valence-corrected chi connectivity index (χ2v) is 10.6. The molecule has 2 aromatic rings. The number of hydrogen-bond acceptors (Lipinski definition) is 4. The summed E-state index contributed by atoms with van der Waals surface area (Å²) in [5.74, 6) is -0.339. The van der Waals surface area contributed by atoms with E-state index in [-0.39, 0.29) is 17.9 Å². The fraction of sp³-hybridized carbons (Fsp3) is 0.407. The van der Waals surface area contributed by atoms with Crippen LogP contribution in [0.5, 0.6) is 0 Å². The van der Waals surface area contributed by atoms with Crippen molar-refractivity contribution in [1.82, 2.24) is 10.2 Å². The Morgan fingerprint density at radius 3 is 2.14 bits per heavy atom. The highest BCUT2D eigenvalue weighted by Crippen LogP contribution is 2.43. The summed E-state index contributed by atoms with van der Waals surface area (Å²) in [7, 11) is 0. The van der Waals surface area contributed by atoms with Crippen LogP contribution in [0.15, 0.2) is 54.6 Å². The summed E-state index contributed by atoms with van der Waals surface area (Å²) in [5.41, 5.74) is 0.807. The van der Waals surface area contributed by atoms with E-state index in [1.807, 2.05) is 18.2 Å². The van der Waals surface area contributed by atoms with Crippen molar-refractivity contribution in [3.8, 4) is 0 Å². The van der Waals surface area contributed by atoms with Crippen LogP contribution in [0.4, 0.5) is 26.7 Å². The summed E-state index contributed by atoms with van der Waals surface area (Å²) in [5, 5.41) is 11.0. The molecular weight excluding hydrogens is 458 g/mol. The number of rotatable bonds is 5. The van der Waals surface area contributed by atoms with E-state index in [0.29, 0.717) is 35.8 Å². The fourth-order valence-corrected chi connectivity index (χ4v) is 4.97. The minimum atomic E-state index is -0.908. The average molecular weight is 492 g/mol. The molecule has 1 aliphatic carbocycles. The maximum atomic E-state index is 13.2. The second-order valence-electron chi connectivity index (χ2n) is 10.6. The van der Waals surface area contributed by atoms with Gasteiger partial charge in [-0.2, -0.15) is 0 Å². The summed E-state index contributed by atoms with van der Waals surface area (Å²) < 4.78 is 0. The summed E-state index contributed by atoms with van der Waals surface area (Å²) in [6.07, 6.45) is 2.87. The van der Waals surface area contributed by atoms with Gasteiger partial charge in [0.05, 0.1) is 0 Å². The van der Waals surface area contributed by atoms with Crippen LogP contribution >= 0.6 is 0 Å². The highest BCUT2D eigenvalue weighted by atomic mass is 16.2. The van der Waals surface area contributed by atoms with Crippen LogP contribution in [-0.2, 0) is 9.59 Å². The molecule has 2 aliphatic rings. The van der Waals surface area contributed by atoms with E-state index in [9.17, 15) is 19.2 Å². The van der Waals surface area contributed by atoms with E-state index in [0.717, 1.165) is 17.7 Å². The van der Waals surface area contributed by atoms with Gasteiger partial charge in [0.1, 0.15) is 12.1 Å². The lowest BCUT2D eigenvalue weighted by molar-refractivity contribution is -0.135. The molecule has 1 saturated heterocycles. The van der Waals surface area contributed by atoms with Gasteiger partial charge in [0, 0.05) is 17.1 Å². The van der Waals surface area contributed by atoms with Gasteiger partial charge >= 0.3 is 12.1 Å². The third-order valence-corrected chi connectivity index (χ3v) is 7.05. The number of benzene rings is 2. The van der Waals surface area contributed by atoms with Crippen LogP contribution in [0.2, 0.25) is 0 Å². The molecule has 1 saturated carbocycles. The normalized spacial score (nSPS) is 21.8. The van der Waals surface area contributed by atoms with Gasteiger partial charge in [0.25, 0.3) is 5.91 Å². The van der Waals surface area contributed by atoms with Crippen molar-refractivity contribution in [2.24, 2.45) is 11.3 Å². The minimum Gasteiger partial charge on any atom is -0.324 e. The van der Waals surface area contributed by atoms with Crippen molar-refractivity contribution in [1.29, 1.82) is 0 Å². The van der Waals surface area contributed by atoms with E-state index < -0.39 is 23.5 Å². The number of nitrogens with one attached hydrogen (secondary N) is 4. The van der Waals surface area contributed by atoms with Gasteiger partial charge < -0.3 is 21.3 Å². The van der Waals surface area contributed by atoms with Crippen molar-refractivity contribution in [3.63, 3.8) is 0 Å². The Morgan fingerprint density at radius 1 is 0.917 bits per heavy atom. The third kappa shape index (κ3) is 5.67. The zero-order valence-corrected chi connectivity index (χ0v) is 20.9. The van der Waals surface area contributed by atoms with Gasteiger partial charge in [-0.25, -0.2) is 9.59 Å². The molecule has 1 spiro atoms. The Bertz CT molecular complexity index is 1150. The first kappa shape index (κ1) is 25.2. The van der Waals surface area contributed by atoms with Crippen molar-refractivity contribution in [2.75, 3.05) is 22.5 Å². The van der Waals surface area contributed by atoms with Gasteiger partial charge in [-0.05, 0) is 67.3 Å². The predicted molar refractivity (Wildman–Crippen MR) is 139 cm³/mol. The zero-order chi connectivity index (χ0) is 25.9. The molecule has 2 aromatic carbocycles. The largest absolute Gasteiger partial charge is 0.325 e. The molecule has 4 rings (SSSR count). The van der Waals surface area contributed by atoms with Gasteiger partial charge in [-0.15, -0.1) is 0 Å². The predicted octanol–water partition coefficient (Wildman–Crippen LogP) is 4.80. The average Bonchev–Trinajstić information content (AvgIpc) is 3.03. The Morgan fingerprint density at radius 2 is 1.50 bits per heavy atom. The molecular formula is C27H33N5O4. The summed E-state index contributed by atoms with van der Waals surface area (Å²) in [6.45, 7) is 6.21. The Kier molecular flexibility index (Phi) is 7.01. The lowest BCUT2D eigenvalue weighted by Crippen LogP contribution is -2.50. The first-order chi connectivity index (χ1) is 17.1. The molecule has 0 unspecified atom stereocenters. The number of urea groups is 2. The Hall–Kier alpha value is -3.88. The maximum absolute atomic E-state index is 13.2. The van der Waals surface area contributed by atoms with Crippen LogP contribution in [0.1, 0.15) is 46.5 Å². The molecule has 0 bridgehead atoms. The number of hydrogen-bond donors (Lipinski definition) is 4. The van der Waals surface area contributed by atoms with Crippen molar-refractivity contribution in [2.45, 2.75) is 52.0 Å². The molecule has 190 valence electrons. The molecule has 1 aliphatic heterocycles. The molecule has 0 radical (unpaired) electrons. The van der Waals surface area contributed by atoms with E-state index in [1.54, 1.807) is 36.4 Å². The summed E-state index contributed by atoms with van der Waals surface area (Å²) in [4.78, 5) is 51.7. The van der Waals surface area contributed by atoms with Crippen molar-refractivity contribution >= 4 is 40.9 Å². The quantitative estimate of drug-likeness (QED) is 0.449. The van der Waals surface area contributed by atoms with Crippen molar-refractivity contribution in [3.05, 3.63) is 54.6 Å². The molecule has 4 N–H and O–H groups in total. The lowest BCUT2D eigenvalue weighted by atomic mass is 9.67. The second kappa shape index (κ2) is 10.0. The van der Waals surface area contributed by atoms with Crippen LogP contribution in [-0.4, -0.2) is 40.9 Å². The van der Waals surface area contributed by atoms with Crippen LogP contribution in [0, 0.1) is 11.3 Å². The van der Waals surface area contributed by atoms with Gasteiger partial charge in [-0.3, -0.25) is 14.5 Å². The van der Waals surface area contributed by atoms with Crippen LogP contribution in [0.25, 0.3) is 0 Å². The Balaban J connectivity index is 1.33. The number of amides is 6. The SMILES string of the molecule is CC(C)(C)C1CCC2(CC1)NC(=O)N(CC(=O)Nc1cccc(NC(=O)Nc3ccccc3)c1)C2=O. The number of carbonyl (C=O) groups is 4. The highest BCUT2D eigenvalue weighted by molar-refractivity contribution is 6.10. The van der Waals surface area contributed by atoms with Crippen molar-refractivity contribution < 1.29 is 19.2 Å². The van der Waals surface area contributed by atoms with E-state index in [4.69, 9.17) is 0 Å². The molecule has 9 heteroatoms. The highest BCUT2D eigenvalue weighted by Gasteiger charge is 2.53. The number of imide groups is 1.